The summed E-state index contributed by atoms with van der Waals surface area (Å²) >= 11 is 0. The van der Waals surface area contributed by atoms with E-state index in [9.17, 15) is 22.0 Å². The quantitative estimate of drug-likeness (QED) is 0.553. The Bertz CT molecular complexity index is 1230. The van der Waals surface area contributed by atoms with Crippen molar-refractivity contribution in [3.63, 3.8) is 0 Å². The van der Waals surface area contributed by atoms with Gasteiger partial charge in [-0.1, -0.05) is 12.1 Å². The molecule has 1 aromatic carbocycles. The predicted octanol–water partition coefficient (Wildman–Crippen LogP) is 3.68. The molecule has 2 aromatic rings. The van der Waals surface area contributed by atoms with Gasteiger partial charge >= 0.3 is 0 Å². The normalized spacial score (nSPS) is 19.0. The van der Waals surface area contributed by atoms with Gasteiger partial charge in [0.05, 0.1) is 0 Å². The highest BCUT2D eigenvalue weighted by atomic mass is 32.2. The zero-order chi connectivity index (χ0) is 26.6. The Hall–Kier alpha value is -2.63. The minimum Gasteiger partial charge on any atom is -0.355 e. The van der Waals surface area contributed by atoms with E-state index >= 15 is 0 Å². The van der Waals surface area contributed by atoms with E-state index in [1.807, 2.05) is 0 Å². The molecule has 1 amide bonds. The maximum Gasteiger partial charge on any atom is 0.248 e. The first-order valence-electron chi connectivity index (χ1n) is 12.7. The Labute approximate surface area is 216 Å². The van der Waals surface area contributed by atoms with Crippen LogP contribution in [-0.4, -0.2) is 68.0 Å². The van der Waals surface area contributed by atoms with Crippen molar-refractivity contribution < 1.29 is 26.5 Å². The maximum atomic E-state index is 14.0. The average molecular weight is 537 g/mol. The number of hydrogen-bond acceptors (Lipinski definition) is 6. The Morgan fingerprint density at radius 2 is 1.84 bits per heavy atom. The zero-order valence-electron chi connectivity index (χ0n) is 21.3. The van der Waals surface area contributed by atoms with Crippen LogP contribution < -0.4 is 5.32 Å². The minimum atomic E-state index is -3.95. The number of rotatable bonds is 8. The van der Waals surface area contributed by atoms with Crippen molar-refractivity contribution in [2.45, 2.75) is 44.4 Å². The molecule has 2 aliphatic rings. The second-order valence-electron chi connectivity index (χ2n) is 9.95. The lowest BCUT2D eigenvalue weighted by Crippen LogP contribution is -2.45. The largest absolute Gasteiger partial charge is 0.355 e. The lowest BCUT2D eigenvalue weighted by atomic mass is 9.97. The smallest absolute Gasteiger partial charge is 0.248 e. The molecule has 4 rings (SSSR count). The number of hydrogen-bond donors (Lipinski definition) is 1. The predicted molar refractivity (Wildman–Crippen MR) is 136 cm³/mol. The van der Waals surface area contributed by atoms with E-state index in [0.717, 1.165) is 37.7 Å². The molecule has 0 unspecified atom stereocenters. The number of nitrogens with zero attached hydrogens (tertiary/aromatic N) is 3. The van der Waals surface area contributed by atoms with Gasteiger partial charge in [0.25, 0.3) is 0 Å². The fourth-order valence-electron chi connectivity index (χ4n) is 4.86. The minimum absolute atomic E-state index is 0.0338. The number of sulfonamides is 1. The average Bonchev–Trinajstić information content (AvgIpc) is 3.25. The van der Waals surface area contributed by atoms with Crippen molar-refractivity contribution in [1.82, 2.24) is 19.7 Å². The molecule has 0 radical (unpaired) electrons. The summed E-state index contributed by atoms with van der Waals surface area (Å²) in [6.07, 6.45) is 5.84. The highest BCUT2D eigenvalue weighted by molar-refractivity contribution is 7.89. The van der Waals surface area contributed by atoms with E-state index in [1.54, 1.807) is 0 Å². The molecule has 0 bridgehead atoms. The van der Waals surface area contributed by atoms with Crippen LogP contribution in [0, 0.1) is 30.4 Å². The van der Waals surface area contributed by atoms with Crippen LogP contribution in [0.4, 0.5) is 8.78 Å². The van der Waals surface area contributed by atoms with E-state index in [2.05, 4.69) is 22.3 Å². The van der Waals surface area contributed by atoms with Gasteiger partial charge < -0.3 is 14.7 Å². The fraction of sp³-hybridized carbons (Fsp3) is 0.538. The van der Waals surface area contributed by atoms with Gasteiger partial charge in [-0.05, 0) is 75.9 Å². The highest BCUT2D eigenvalue weighted by Crippen LogP contribution is 2.29. The Morgan fingerprint density at radius 1 is 1.14 bits per heavy atom. The molecule has 0 atom stereocenters. The van der Waals surface area contributed by atoms with Crippen molar-refractivity contribution in [3.8, 4) is 0 Å². The summed E-state index contributed by atoms with van der Waals surface area (Å²) in [5.74, 6) is -1.03. The van der Waals surface area contributed by atoms with Crippen LogP contribution >= 0.6 is 0 Å². The van der Waals surface area contributed by atoms with Crippen LogP contribution in [0.5, 0.6) is 0 Å². The number of likely N-dealkylation sites (tertiary alicyclic amines) is 1. The maximum absolute atomic E-state index is 14.0. The first-order valence-corrected chi connectivity index (χ1v) is 14.2. The number of benzene rings is 1. The van der Waals surface area contributed by atoms with Crippen molar-refractivity contribution in [2.24, 2.45) is 11.8 Å². The molecule has 8 nitrogen and oxygen atoms in total. The summed E-state index contributed by atoms with van der Waals surface area (Å²) in [6, 6.07) is 3.11. The summed E-state index contributed by atoms with van der Waals surface area (Å²) < 4.78 is 60.5. The third-order valence-corrected chi connectivity index (χ3v) is 9.29. The number of aromatic nitrogens is 1. The lowest BCUT2D eigenvalue weighted by molar-refractivity contribution is -0.126. The van der Waals surface area contributed by atoms with Crippen LogP contribution in [0.3, 0.4) is 0 Å². The molecule has 2 fully saturated rings. The van der Waals surface area contributed by atoms with Crippen LogP contribution in [0.1, 0.15) is 49.6 Å². The summed E-state index contributed by atoms with van der Waals surface area (Å²) in [6.45, 7) is 7.73. The van der Waals surface area contributed by atoms with Gasteiger partial charge in [-0.25, -0.2) is 17.2 Å². The number of amides is 1. The first-order chi connectivity index (χ1) is 17.6. The molecule has 2 aliphatic heterocycles. The lowest BCUT2D eigenvalue weighted by Gasteiger charge is -2.31. The van der Waals surface area contributed by atoms with Gasteiger partial charge in [-0.15, -0.1) is 0 Å². The van der Waals surface area contributed by atoms with Gasteiger partial charge in [0, 0.05) is 43.7 Å². The van der Waals surface area contributed by atoms with E-state index in [-0.39, 0.29) is 46.8 Å². The van der Waals surface area contributed by atoms with E-state index in [4.69, 9.17) is 4.52 Å². The van der Waals surface area contributed by atoms with Gasteiger partial charge in [0.2, 0.25) is 15.9 Å². The van der Waals surface area contributed by atoms with Crippen molar-refractivity contribution >= 4 is 28.1 Å². The SMILES string of the molecule is Cc1noc(/C=C/c2ccc(F)cc2F)c1S(=O)(=O)N1CCC(C(=O)NCCN2CCC(C)CC2)CC1. The summed E-state index contributed by atoms with van der Waals surface area (Å²) in [4.78, 5) is 14.9. The van der Waals surface area contributed by atoms with Gasteiger partial charge in [-0.2, -0.15) is 4.31 Å². The van der Waals surface area contributed by atoms with Gasteiger partial charge in [0.15, 0.2) is 10.7 Å². The number of carbonyl (C=O) groups excluding carboxylic acids is 1. The molecule has 1 aromatic heterocycles. The number of piperidine rings is 2. The molecule has 0 aliphatic carbocycles. The van der Waals surface area contributed by atoms with E-state index < -0.39 is 21.7 Å². The van der Waals surface area contributed by atoms with Gasteiger partial charge in [0.1, 0.15) is 17.3 Å². The number of carbonyl (C=O) groups is 1. The molecule has 0 saturated carbocycles. The Morgan fingerprint density at radius 3 is 2.51 bits per heavy atom. The summed E-state index contributed by atoms with van der Waals surface area (Å²) in [7, 11) is -3.95. The first kappa shape index (κ1) is 27.4. The molecule has 11 heteroatoms. The van der Waals surface area contributed by atoms with Crippen molar-refractivity contribution in [1.29, 1.82) is 0 Å². The van der Waals surface area contributed by atoms with Crippen LogP contribution in [-0.2, 0) is 14.8 Å². The number of aryl methyl sites for hydroxylation is 1. The second-order valence-corrected chi connectivity index (χ2v) is 11.8. The van der Waals surface area contributed by atoms with E-state index in [0.29, 0.717) is 19.4 Å². The number of halogens is 2. The third kappa shape index (κ3) is 6.63. The second kappa shape index (κ2) is 11.8. The molecule has 37 heavy (non-hydrogen) atoms. The number of nitrogens with one attached hydrogen (secondary N) is 1. The van der Waals surface area contributed by atoms with Crippen molar-refractivity contribution in [3.05, 3.63) is 46.9 Å². The molecular weight excluding hydrogens is 502 g/mol. The van der Waals surface area contributed by atoms with E-state index in [1.165, 1.54) is 42.3 Å². The molecule has 0 spiro atoms. The Balaban J connectivity index is 1.34. The molecule has 2 saturated heterocycles. The van der Waals surface area contributed by atoms with Crippen LogP contribution in [0.15, 0.2) is 27.6 Å². The van der Waals surface area contributed by atoms with Crippen LogP contribution in [0.2, 0.25) is 0 Å². The third-order valence-electron chi connectivity index (χ3n) is 7.24. The molecule has 1 N–H and O–H groups in total. The standard InChI is InChI=1S/C26H34F2N4O4S/c1-18-7-12-31(13-8-18)16-11-29-26(33)21-9-14-32(15-10-21)37(34,35)25-19(2)30-36-24(25)6-4-20-3-5-22(27)17-23(20)28/h3-6,17-18,21H,7-16H2,1-2H3,(H,29,33)/b6-4+. The highest BCUT2D eigenvalue weighted by Gasteiger charge is 2.36. The Kier molecular flexibility index (Phi) is 8.76. The monoisotopic (exact) mass is 536 g/mol. The topological polar surface area (TPSA) is 95.8 Å². The molecule has 202 valence electrons. The summed E-state index contributed by atoms with van der Waals surface area (Å²) in [5.41, 5.74) is 0.270. The molecular formula is C26H34F2N4O4S. The van der Waals surface area contributed by atoms with Gasteiger partial charge in [-0.3, -0.25) is 4.79 Å². The van der Waals surface area contributed by atoms with Crippen LogP contribution in [0.25, 0.3) is 12.2 Å². The zero-order valence-corrected chi connectivity index (χ0v) is 22.1. The van der Waals surface area contributed by atoms with Crippen molar-refractivity contribution in [2.75, 3.05) is 39.3 Å². The fourth-order valence-corrected chi connectivity index (χ4v) is 6.58. The molecule has 3 heterocycles. The summed E-state index contributed by atoms with van der Waals surface area (Å²) in [5, 5.41) is 6.81.